The molecule has 1 aliphatic heterocycles. The lowest BCUT2D eigenvalue weighted by molar-refractivity contribution is -0.150. The number of benzene rings is 2. The van der Waals surface area contributed by atoms with E-state index < -0.39 is 66.1 Å². The van der Waals surface area contributed by atoms with Gasteiger partial charge in [-0.25, -0.2) is 9.59 Å². The smallest absolute Gasteiger partial charge is 0.332 e. The first-order valence-corrected chi connectivity index (χ1v) is 15.3. The number of urea groups is 1. The molecule has 0 fully saturated rings. The molecule has 1 heterocycles. The molecule has 1 aliphatic rings. The normalized spacial score (nSPS) is 13.5. The summed E-state index contributed by atoms with van der Waals surface area (Å²) in [5.74, 6) is -4.14. The Morgan fingerprint density at radius 2 is 1.48 bits per heavy atom. The van der Waals surface area contributed by atoms with Crippen LogP contribution in [0.5, 0.6) is 0 Å². The van der Waals surface area contributed by atoms with Crippen LogP contribution in [-0.2, 0) is 51.5 Å². The van der Waals surface area contributed by atoms with Crippen LogP contribution in [0.25, 0.3) is 0 Å². The number of hydrogen-bond donors (Lipinski definition) is 5. The van der Waals surface area contributed by atoms with Crippen LogP contribution in [0.15, 0.2) is 66.7 Å². The van der Waals surface area contributed by atoms with Crippen LogP contribution in [0.2, 0.25) is 0 Å². The van der Waals surface area contributed by atoms with Crippen molar-refractivity contribution >= 4 is 47.2 Å². The first-order chi connectivity index (χ1) is 22.9. The SMILES string of the molecule is CC(C)[C@H](NC(=O)CN1C(=O)C=CC1=O)C(=O)N[C@@H](CCCNC(N)=O)C(=O)Nc1ccc(COCC(=O)OCc2ccccc2)cc1. The van der Waals surface area contributed by atoms with Gasteiger partial charge in [-0.15, -0.1) is 0 Å². The third-order valence-electron chi connectivity index (χ3n) is 7.02. The topological polar surface area (TPSA) is 215 Å². The highest BCUT2D eigenvalue weighted by atomic mass is 16.6. The molecule has 256 valence electrons. The van der Waals surface area contributed by atoms with Crippen molar-refractivity contribution in [2.75, 3.05) is 25.0 Å². The highest BCUT2D eigenvalue weighted by molar-refractivity contribution is 6.14. The third kappa shape index (κ3) is 12.3. The monoisotopic (exact) mass is 664 g/mol. The Hall–Kier alpha value is -5.57. The summed E-state index contributed by atoms with van der Waals surface area (Å²) in [7, 11) is 0. The number of nitrogens with zero attached hydrogens (tertiary/aromatic N) is 1. The molecular weight excluding hydrogens is 624 g/mol. The van der Waals surface area contributed by atoms with E-state index in [1.54, 1.807) is 38.1 Å². The van der Waals surface area contributed by atoms with Crippen LogP contribution in [0.4, 0.5) is 10.5 Å². The maximum absolute atomic E-state index is 13.3. The molecule has 0 saturated carbocycles. The molecule has 0 bridgehead atoms. The van der Waals surface area contributed by atoms with E-state index in [4.69, 9.17) is 15.2 Å². The third-order valence-corrected chi connectivity index (χ3v) is 7.02. The van der Waals surface area contributed by atoms with Gasteiger partial charge < -0.3 is 36.5 Å². The predicted molar refractivity (Wildman–Crippen MR) is 172 cm³/mol. The zero-order valence-electron chi connectivity index (χ0n) is 26.7. The van der Waals surface area contributed by atoms with Crippen molar-refractivity contribution in [2.45, 2.75) is 52.0 Å². The van der Waals surface area contributed by atoms with Crippen molar-refractivity contribution in [1.29, 1.82) is 0 Å². The van der Waals surface area contributed by atoms with E-state index in [0.29, 0.717) is 5.69 Å². The van der Waals surface area contributed by atoms with Crippen molar-refractivity contribution < 1.29 is 43.0 Å². The first-order valence-electron chi connectivity index (χ1n) is 15.3. The van der Waals surface area contributed by atoms with Crippen LogP contribution < -0.4 is 27.0 Å². The summed E-state index contributed by atoms with van der Waals surface area (Å²) in [6.07, 6.45) is 2.50. The molecular formula is C33H40N6O9. The molecule has 2 atom stereocenters. The van der Waals surface area contributed by atoms with E-state index in [1.165, 1.54) is 0 Å². The minimum atomic E-state index is -1.09. The number of carbonyl (C=O) groups is 7. The van der Waals surface area contributed by atoms with Crippen LogP contribution in [0.1, 0.15) is 37.8 Å². The highest BCUT2D eigenvalue weighted by Gasteiger charge is 2.31. The number of nitrogens with one attached hydrogen (secondary N) is 4. The van der Waals surface area contributed by atoms with E-state index in [1.807, 2.05) is 30.3 Å². The van der Waals surface area contributed by atoms with Crippen molar-refractivity contribution in [3.63, 3.8) is 0 Å². The molecule has 6 N–H and O–H groups in total. The Kier molecular flexibility index (Phi) is 14.3. The highest BCUT2D eigenvalue weighted by Crippen LogP contribution is 2.13. The zero-order valence-corrected chi connectivity index (χ0v) is 26.7. The summed E-state index contributed by atoms with van der Waals surface area (Å²) in [4.78, 5) is 86.7. The molecule has 48 heavy (non-hydrogen) atoms. The minimum Gasteiger partial charge on any atom is -0.459 e. The van der Waals surface area contributed by atoms with Gasteiger partial charge in [-0.05, 0) is 42.0 Å². The first kappa shape index (κ1) is 36.9. The summed E-state index contributed by atoms with van der Waals surface area (Å²) in [5.41, 5.74) is 7.13. The van der Waals surface area contributed by atoms with E-state index in [2.05, 4.69) is 21.3 Å². The van der Waals surface area contributed by atoms with Crippen LogP contribution in [-0.4, -0.2) is 78.2 Å². The van der Waals surface area contributed by atoms with Crippen molar-refractivity contribution in [3.8, 4) is 0 Å². The Bertz CT molecular complexity index is 1480. The molecule has 2 aromatic rings. The maximum Gasteiger partial charge on any atom is 0.332 e. The Morgan fingerprint density at radius 3 is 2.10 bits per heavy atom. The number of rotatable bonds is 18. The number of primary amides is 1. The quantitative estimate of drug-likeness (QED) is 0.0868. The van der Waals surface area contributed by atoms with Gasteiger partial charge in [-0.3, -0.25) is 28.9 Å². The van der Waals surface area contributed by atoms with Gasteiger partial charge in [0.25, 0.3) is 11.8 Å². The summed E-state index contributed by atoms with van der Waals surface area (Å²) in [6, 6.07) is 13.0. The van der Waals surface area contributed by atoms with Gasteiger partial charge in [-0.1, -0.05) is 56.3 Å². The average Bonchev–Trinajstić information content (AvgIpc) is 3.37. The number of nitrogens with two attached hydrogens (primary N) is 1. The molecule has 15 heteroatoms. The second-order valence-corrected chi connectivity index (χ2v) is 11.2. The lowest BCUT2D eigenvalue weighted by Crippen LogP contribution is -2.56. The van der Waals surface area contributed by atoms with E-state index >= 15 is 0 Å². The number of carbonyl (C=O) groups excluding carboxylic acids is 7. The second-order valence-electron chi connectivity index (χ2n) is 11.2. The van der Waals surface area contributed by atoms with Crippen molar-refractivity contribution in [1.82, 2.24) is 20.9 Å². The Balaban J connectivity index is 1.55. The fraction of sp³-hybridized carbons (Fsp3) is 0.364. The number of ether oxygens (including phenoxy) is 2. The molecule has 0 aliphatic carbocycles. The molecule has 2 aromatic carbocycles. The number of amides is 7. The fourth-order valence-corrected chi connectivity index (χ4v) is 4.48. The van der Waals surface area contributed by atoms with Gasteiger partial charge in [0.2, 0.25) is 17.7 Å². The zero-order chi connectivity index (χ0) is 35.1. The molecule has 0 radical (unpaired) electrons. The van der Waals surface area contributed by atoms with Crippen LogP contribution in [0, 0.1) is 5.92 Å². The van der Waals surface area contributed by atoms with E-state index in [0.717, 1.165) is 28.2 Å². The van der Waals surface area contributed by atoms with Gasteiger partial charge in [0.15, 0.2) is 0 Å². The second kappa shape index (κ2) is 18.5. The minimum absolute atomic E-state index is 0.116. The molecule has 0 unspecified atom stereocenters. The standard InChI is InChI=1S/C33H40N6O9/c1-21(2)30(38-26(40)17-39-27(41)14-15-28(39)42)32(45)37-25(9-6-16-35-33(34)46)31(44)36-24-12-10-23(11-13-24)18-47-20-29(43)48-19-22-7-4-3-5-8-22/h3-5,7-8,10-15,21,25,30H,6,9,16-20H2,1-2H3,(H,36,44)(H,37,45)(H,38,40)(H3,34,35,46)/t25-,30-/m0/s1. The summed E-state index contributed by atoms with van der Waals surface area (Å²) in [6.45, 7) is 2.99. The van der Waals surface area contributed by atoms with Gasteiger partial charge in [-0.2, -0.15) is 0 Å². The molecule has 7 amide bonds. The molecule has 3 rings (SSSR count). The number of esters is 1. The molecule has 0 spiro atoms. The van der Waals surface area contributed by atoms with E-state index in [9.17, 15) is 33.6 Å². The molecule has 15 nitrogen and oxygen atoms in total. The Labute approximate surface area is 277 Å². The summed E-state index contributed by atoms with van der Waals surface area (Å²) < 4.78 is 10.6. The largest absolute Gasteiger partial charge is 0.459 e. The number of hydrogen-bond acceptors (Lipinski definition) is 9. The van der Waals surface area contributed by atoms with Crippen molar-refractivity contribution in [3.05, 3.63) is 77.9 Å². The Morgan fingerprint density at radius 1 is 0.833 bits per heavy atom. The maximum atomic E-state index is 13.3. The lowest BCUT2D eigenvalue weighted by Gasteiger charge is -2.26. The summed E-state index contributed by atoms with van der Waals surface area (Å²) in [5, 5.41) is 10.4. The number of anilines is 1. The van der Waals surface area contributed by atoms with Gasteiger partial charge >= 0.3 is 12.0 Å². The van der Waals surface area contributed by atoms with Crippen LogP contribution >= 0.6 is 0 Å². The lowest BCUT2D eigenvalue weighted by atomic mass is 10.0. The molecule has 0 aromatic heterocycles. The predicted octanol–water partition coefficient (Wildman–Crippen LogP) is 0.884. The van der Waals surface area contributed by atoms with Gasteiger partial charge in [0.05, 0.1) is 6.61 Å². The van der Waals surface area contributed by atoms with Crippen LogP contribution in [0.3, 0.4) is 0 Å². The fourth-order valence-electron chi connectivity index (χ4n) is 4.48. The summed E-state index contributed by atoms with van der Waals surface area (Å²) >= 11 is 0. The average molecular weight is 665 g/mol. The van der Waals surface area contributed by atoms with Gasteiger partial charge in [0, 0.05) is 24.4 Å². The van der Waals surface area contributed by atoms with E-state index in [-0.39, 0.29) is 39.2 Å². The number of imide groups is 1. The van der Waals surface area contributed by atoms with Gasteiger partial charge in [0.1, 0.15) is 31.8 Å². The molecule has 0 saturated heterocycles. The van der Waals surface area contributed by atoms with Crippen molar-refractivity contribution in [2.24, 2.45) is 11.7 Å².